The quantitative estimate of drug-likeness (QED) is 0.881. The van der Waals surface area contributed by atoms with Crippen LogP contribution < -0.4 is 5.32 Å². The van der Waals surface area contributed by atoms with Crippen LogP contribution in [0.4, 0.5) is 0 Å². The third-order valence-corrected chi connectivity index (χ3v) is 3.71. The van der Waals surface area contributed by atoms with Crippen molar-refractivity contribution in [2.45, 2.75) is 25.8 Å². The Labute approximate surface area is 129 Å². The largest absolute Gasteiger partial charge is 0.508 e. The molecule has 0 radical (unpaired) electrons. The fourth-order valence-corrected chi connectivity index (χ4v) is 2.49. The average Bonchev–Trinajstić information content (AvgIpc) is 2.46. The molecule has 1 amide bonds. The summed E-state index contributed by atoms with van der Waals surface area (Å²) in [5, 5.41) is 13.2. The number of aryl methyl sites for hydroxylation is 1. The van der Waals surface area contributed by atoms with Crippen LogP contribution in [0.25, 0.3) is 0 Å². The number of benzene rings is 2. The number of hydrogen-bond donors (Lipinski definition) is 2. The summed E-state index contributed by atoms with van der Waals surface area (Å²) in [5.41, 5.74) is 1.67. The van der Waals surface area contributed by atoms with Gasteiger partial charge in [-0.3, -0.25) is 4.79 Å². The van der Waals surface area contributed by atoms with E-state index in [0.29, 0.717) is 17.9 Å². The molecule has 110 valence electrons. The molecule has 2 aromatic carbocycles. The third-order valence-electron chi connectivity index (χ3n) is 3.36. The molecule has 0 heterocycles. The zero-order valence-corrected chi connectivity index (χ0v) is 12.6. The number of carbonyl (C=O) groups is 1. The number of phenolic OH excluding ortho intramolecular Hbond substituents is 1. The lowest BCUT2D eigenvalue weighted by Crippen LogP contribution is -2.27. The molecule has 0 bridgehead atoms. The second-order valence-corrected chi connectivity index (χ2v) is 5.35. The van der Waals surface area contributed by atoms with Gasteiger partial charge in [0.1, 0.15) is 5.75 Å². The highest BCUT2D eigenvalue weighted by molar-refractivity contribution is 6.31. The fraction of sp³-hybridized carbons (Fsp3) is 0.235. The van der Waals surface area contributed by atoms with Crippen molar-refractivity contribution in [2.24, 2.45) is 0 Å². The zero-order chi connectivity index (χ0) is 15.2. The van der Waals surface area contributed by atoms with Crippen LogP contribution in [-0.2, 0) is 11.2 Å². The number of para-hydroxylation sites is 1. The minimum Gasteiger partial charge on any atom is -0.508 e. The van der Waals surface area contributed by atoms with E-state index < -0.39 is 0 Å². The average molecular weight is 304 g/mol. The zero-order valence-electron chi connectivity index (χ0n) is 11.8. The molecule has 2 rings (SSSR count). The predicted octanol–water partition coefficient (Wildman–Crippen LogP) is 3.86. The summed E-state index contributed by atoms with van der Waals surface area (Å²) in [6.45, 7) is 1.90. The summed E-state index contributed by atoms with van der Waals surface area (Å²) < 4.78 is 0. The van der Waals surface area contributed by atoms with E-state index in [4.69, 9.17) is 11.6 Å². The van der Waals surface area contributed by atoms with Crippen molar-refractivity contribution in [1.82, 2.24) is 5.32 Å². The Morgan fingerprint density at radius 3 is 2.57 bits per heavy atom. The first-order chi connectivity index (χ1) is 10.1. The lowest BCUT2D eigenvalue weighted by atomic mass is 10.1. The van der Waals surface area contributed by atoms with E-state index in [2.05, 4.69) is 5.32 Å². The van der Waals surface area contributed by atoms with E-state index in [-0.39, 0.29) is 17.7 Å². The van der Waals surface area contributed by atoms with Crippen LogP contribution in [0.5, 0.6) is 5.75 Å². The van der Waals surface area contributed by atoms with E-state index >= 15 is 0 Å². The van der Waals surface area contributed by atoms with E-state index in [0.717, 1.165) is 11.1 Å². The summed E-state index contributed by atoms with van der Waals surface area (Å²) >= 11 is 6.11. The van der Waals surface area contributed by atoms with Crippen molar-refractivity contribution >= 4 is 17.5 Å². The van der Waals surface area contributed by atoms with Crippen LogP contribution in [0.15, 0.2) is 48.5 Å². The van der Waals surface area contributed by atoms with Crippen molar-refractivity contribution in [1.29, 1.82) is 0 Å². The van der Waals surface area contributed by atoms with Crippen LogP contribution in [0.3, 0.4) is 0 Å². The summed E-state index contributed by atoms with van der Waals surface area (Å²) in [4.78, 5) is 12.0. The molecular formula is C17H18ClNO2. The lowest BCUT2D eigenvalue weighted by molar-refractivity contribution is -0.121. The van der Waals surface area contributed by atoms with E-state index in [9.17, 15) is 9.90 Å². The second-order valence-electron chi connectivity index (χ2n) is 4.94. The summed E-state index contributed by atoms with van der Waals surface area (Å²) in [5.74, 6) is 0.162. The molecule has 0 aliphatic rings. The monoisotopic (exact) mass is 303 g/mol. The molecule has 0 saturated carbocycles. The number of hydrogen-bond acceptors (Lipinski definition) is 2. The van der Waals surface area contributed by atoms with E-state index in [1.807, 2.05) is 43.3 Å². The van der Waals surface area contributed by atoms with E-state index in [1.54, 1.807) is 12.1 Å². The van der Waals surface area contributed by atoms with Crippen molar-refractivity contribution in [3.63, 3.8) is 0 Å². The third kappa shape index (κ3) is 4.23. The van der Waals surface area contributed by atoms with Gasteiger partial charge in [-0.1, -0.05) is 48.0 Å². The van der Waals surface area contributed by atoms with Crippen molar-refractivity contribution in [3.05, 3.63) is 64.7 Å². The van der Waals surface area contributed by atoms with Crippen LogP contribution in [0.2, 0.25) is 5.02 Å². The van der Waals surface area contributed by atoms with Gasteiger partial charge in [0.15, 0.2) is 0 Å². The number of halogens is 1. The summed E-state index contributed by atoms with van der Waals surface area (Å²) in [6, 6.07) is 14.4. The molecule has 0 spiro atoms. The standard InChI is InChI=1S/C17H18ClNO2/c1-12(14-7-3-4-8-15(14)18)19-17(21)11-10-13-6-2-5-9-16(13)20/h2-9,12,20H,10-11H2,1H3,(H,19,21)/t12-/m1/s1. The van der Waals surface area contributed by atoms with Crippen LogP contribution in [-0.4, -0.2) is 11.0 Å². The van der Waals surface area contributed by atoms with Crippen molar-refractivity contribution in [3.8, 4) is 5.75 Å². The number of rotatable bonds is 5. The topological polar surface area (TPSA) is 49.3 Å². The van der Waals surface area contributed by atoms with Crippen LogP contribution in [0.1, 0.15) is 30.5 Å². The van der Waals surface area contributed by atoms with Crippen molar-refractivity contribution < 1.29 is 9.90 Å². The highest BCUT2D eigenvalue weighted by Gasteiger charge is 2.12. The second kappa shape index (κ2) is 7.14. The van der Waals surface area contributed by atoms with Gasteiger partial charge in [0.05, 0.1) is 6.04 Å². The Bertz CT molecular complexity index is 628. The number of aromatic hydroxyl groups is 1. The Morgan fingerprint density at radius 1 is 1.19 bits per heavy atom. The minimum absolute atomic E-state index is 0.0642. The molecule has 3 nitrogen and oxygen atoms in total. The molecule has 21 heavy (non-hydrogen) atoms. The Morgan fingerprint density at radius 2 is 1.86 bits per heavy atom. The first-order valence-corrected chi connectivity index (χ1v) is 7.26. The Balaban J connectivity index is 1.90. The smallest absolute Gasteiger partial charge is 0.220 e. The molecular weight excluding hydrogens is 286 g/mol. The van der Waals surface area contributed by atoms with Gasteiger partial charge in [-0.25, -0.2) is 0 Å². The van der Waals surface area contributed by atoms with E-state index in [1.165, 1.54) is 0 Å². The first-order valence-electron chi connectivity index (χ1n) is 6.88. The lowest BCUT2D eigenvalue weighted by Gasteiger charge is -2.15. The van der Waals surface area contributed by atoms with Gasteiger partial charge in [0.25, 0.3) is 0 Å². The molecule has 0 aliphatic carbocycles. The fourth-order valence-electron chi connectivity index (χ4n) is 2.19. The first kappa shape index (κ1) is 15.4. The number of carbonyl (C=O) groups excluding carboxylic acids is 1. The van der Waals surface area contributed by atoms with Crippen molar-refractivity contribution in [2.75, 3.05) is 0 Å². The van der Waals surface area contributed by atoms with Gasteiger partial charge >= 0.3 is 0 Å². The molecule has 0 saturated heterocycles. The SMILES string of the molecule is C[C@@H](NC(=O)CCc1ccccc1O)c1ccccc1Cl. The van der Waals surface area contributed by atoms with Gasteiger partial charge in [0.2, 0.25) is 5.91 Å². The Hall–Kier alpha value is -2.00. The van der Waals surface area contributed by atoms with Crippen LogP contribution >= 0.6 is 11.6 Å². The summed E-state index contributed by atoms with van der Waals surface area (Å²) in [7, 11) is 0. The molecule has 2 N–H and O–H groups in total. The number of amides is 1. The molecule has 0 unspecified atom stereocenters. The maximum atomic E-state index is 12.0. The van der Waals surface area contributed by atoms with Gasteiger partial charge in [-0.05, 0) is 36.6 Å². The number of nitrogens with one attached hydrogen (secondary N) is 1. The molecule has 2 aromatic rings. The molecule has 1 atom stereocenters. The highest BCUT2D eigenvalue weighted by Crippen LogP contribution is 2.22. The molecule has 0 aromatic heterocycles. The molecule has 0 fully saturated rings. The van der Waals surface area contributed by atoms with Gasteiger partial charge in [-0.2, -0.15) is 0 Å². The Kier molecular flexibility index (Phi) is 5.23. The molecule has 4 heteroatoms. The maximum absolute atomic E-state index is 12.0. The van der Waals surface area contributed by atoms with Gasteiger partial charge < -0.3 is 10.4 Å². The summed E-state index contributed by atoms with van der Waals surface area (Å²) in [6.07, 6.45) is 0.833. The number of phenols is 1. The highest BCUT2D eigenvalue weighted by atomic mass is 35.5. The predicted molar refractivity (Wildman–Crippen MR) is 84.4 cm³/mol. The minimum atomic E-state index is -0.143. The van der Waals surface area contributed by atoms with Gasteiger partial charge in [-0.15, -0.1) is 0 Å². The maximum Gasteiger partial charge on any atom is 0.220 e. The normalized spacial score (nSPS) is 11.9. The molecule has 0 aliphatic heterocycles. The van der Waals surface area contributed by atoms with Crippen LogP contribution in [0, 0.1) is 0 Å². The van der Waals surface area contributed by atoms with Gasteiger partial charge in [0, 0.05) is 11.4 Å².